The number of hydrogen-bond acceptors (Lipinski definition) is 3. The highest BCUT2D eigenvalue weighted by Gasteiger charge is 2.16. The number of nitrogen functional groups attached to an aromatic ring is 1. The SMILES string of the molecule is Cl.N=C(N)c1cccnc1NC1CCCC1. The third kappa shape index (κ3) is 2.85. The summed E-state index contributed by atoms with van der Waals surface area (Å²) in [6.45, 7) is 0. The average molecular weight is 241 g/mol. The number of halogens is 1. The lowest BCUT2D eigenvalue weighted by Gasteiger charge is -2.14. The summed E-state index contributed by atoms with van der Waals surface area (Å²) >= 11 is 0. The molecule has 5 heteroatoms. The summed E-state index contributed by atoms with van der Waals surface area (Å²) in [5, 5.41) is 10.8. The summed E-state index contributed by atoms with van der Waals surface area (Å²) in [7, 11) is 0. The zero-order chi connectivity index (χ0) is 10.7. The van der Waals surface area contributed by atoms with Crippen LogP contribution in [-0.4, -0.2) is 16.9 Å². The molecule has 16 heavy (non-hydrogen) atoms. The van der Waals surface area contributed by atoms with Crippen LogP contribution in [0.2, 0.25) is 0 Å². The largest absolute Gasteiger partial charge is 0.384 e. The van der Waals surface area contributed by atoms with Crippen LogP contribution in [0.5, 0.6) is 0 Å². The number of hydrogen-bond donors (Lipinski definition) is 3. The van der Waals surface area contributed by atoms with E-state index in [1.807, 2.05) is 6.07 Å². The third-order valence-corrected chi connectivity index (χ3v) is 2.79. The first-order valence-electron chi connectivity index (χ1n) is 5.33. The van der Waals surface area contributed by atoms with E-state index in [0.717, 1.165) is 5.82 Å². The molecule has 1 aromatic heterocycles. The first-order valence-corrected chi connectivity index (χ1v) is 5.33. The van der Waals surface area contributed by atoms with Crippen molar-refractivity contribution in [1.29, 1.82) is 5.41 Å². The molecule has 0 aromatic carbocycles. The van der Waals surface area contributed by atoms with Gasteiger partial charge in [0.25, 0.3) is 0 Å². The van der Waals surface area contributed by atoms with E-state index >= 15 is 0 Å². The molecule has 4 nitrogen and oxygen atoms in total. The zero-order valence-electron chi connectivity index (χ0n) is 9.07. The molecule has 0 unspecified atom stereocenters. The Kier molecular flexibility index (Phi) is 4.55. The normalized spacial score (nSPS) is 15.5. The lowest BCUT2D eigenvalue weighted by Crippen LogP contribution is -2.20. The van der Waals surface area contributed by atoms with Gasteiger partial charge in [0.1, 0.15) is 11.7 Å². The molecule has 1 aromatic rings. The Morgan fingerprint density at radius 3 is 2.75 bits per heavy atom. The number of amidine groups is 1. The summed E-state index contributed by atoms with van der Waals surface area (Å²) in [6, 6.07) is 4.13. The van der Waals surface area contributed by atoms with Crippen molar-refractivity contribution < 1.29 is 0 Å². The van der Waals surface area contributed by atoms with Gasteiger partial charge in [-0.25, -0.2) is 4.98 Å². The minimum atomic E-state index is 0. The second kappa shape index (κ2) is 5.70. The first-order chi connectivity index (χ1) is 7.27. The van der Waals surface area contributed by atoms with Crippen LogP contribution in [0.4, 0.5) is 5.82 Å². The number of nitrogens with one attached hydrogen (secondary N) is 2. The Labute approximate surface area is 102 Å². The van der Waals surface area contributed by atoms with E-state index in [4.69, 9.17) is 11.1 Å². The maximum absolute atomic E-state index is 7.45. The number of pyridine rings is 1. The van der Waals surface area contributed by atoms with Crippen LogP contribution < -0.4 is 11.1 Å². The quantitative estimate of drug-likeness (QED) is 0.560. The highest BCUT2D eigenvalue weighted by molar-refractivity contribution is 5.99. The van der Waals surface area contributed by atoms with Gasteiger partial charge in [-0.1, -0.05) is 12.8 Å². The number of rotatable bonds is 3. The van der Waals surface area contributed by atoms with Gasteiger partial charge in [-0.15, -0.1) is 12.4 Å². The molecule has 0 aliphatic heterocycles. The maximum atomic E-state index is 7.45. The van der Waals surface area contributed by atoms with Crippen LogP contribution in [0, 0.1) is 5.41 Å². The summed E-state index contributed by atoms with van der Waals surface area (Å²) in [6.07, 6.45) is 6.66. The number of anilines is 1. The molecule has 0 bridgehead atoms. The van der Waals surface area contributed by atoms with Crippen LogP contribution in [0.3, 0.4) is 0 Å². The van der Waals surface area contributed by atoms with Gasteiger partial charge in [-0.05, 0) is 25.0 Å². The molecule has 0 radical (unpaired) electrons. The van der Waals surface area contributed by atoms with Crippen LogP contribution in [0.15, 0.2) is 18.3 Å². The maximum Gasteiger partial charge on any atom is 0.137 e. The van der Waals surface area contributed by atoms with Crippen molar-refractivity contribution in [3.05, 3.63) is 23.9 Å². The Morgan fingerprint density at radius 1 is 1.44 bits per heavy atom. The molecule has 1 saturated carbocycles. The Bertz CT molecular complexity index is 361. The van der Waals surface area contributed by atoms with Crippen molar-refractivity contribution in [3.8, 4) is 0 Å². The van der Waals surface area contributed by atoms with Crippen LogP contribution >= 0.6 is 12.4 Å². The van der Waals surface area contributed by atoms with Crippen LogP contribution in [-0.2, 0) is 0 Å². The number of aromatic nitrogens is 1. The predicted molar refractivity (Wildman–Crippen MR) is 68.4 cm³/mol. The topological polar surface area (TPSA) is 74.8 Å². The van der Waals surface area contributed by atoms with Crippen molar-refractivity contribution in [3.63, 3.8) is 0 Å². The predicted octanol–water partition coefficient (Wildman–Crippen LogP) is 2.14. The van der Waals surface area contributed by atoms with E-state index < -0.39 is 0 Å². The molecule has 88 valence electrons. The minimum absolute atomic E-state index is 0. The zero-order valence-corrected chi connectivity index (χ0v) is 9.89. The van der Waals surface area contributed by atoms with Gasteiger partial charge in [0.05, 0.1) is 5.56 Å². The van der Waals surface area contributed by atoms with Gasteiger partial charge in [-0.3, -0.25) is 5.41 Å². The van der Waals surface area contributed by atoms with Gasteiger partial charge < -0.3 is 11.1 Å². The second-order valence-electron chi connectivity index (χ2n) is 3.94. The Hall–Kier alpha value is -1.29. The van der Waals surface area contributed by atoms with Crippen molar-refractivity contribution in [1.82, 2.24) is 4.98 Å². The fourth-order valence-corrected chi connectivity index (χ4v) is 2.00. The lowest BCUT2D eigenvalue weighted by atomic mass is 10.2. The Balaban J connectivity index is 0.00000128. The number of nitrogens with zero attached hydrogens (tertiary/aromatic N) is 1. The minimum Gasteiger partial charge on any atom is -0.384 e. The average Bonchev–Trinajstić information content (AvgIpc) is 2.71. The molecular weight excluding hydrogens is 224 g/mol. The highest BCUT2D eigenvalue weighted by atomic mass is 35.5. The van der Waals surface area contributed by atoms with Gasteiger partial charge >= 0.3 is 0 Å². The van der Waals surface area contributed by atoms with Gasteiger partial charge in [0.2, 0.25) is 0 Å². The molecule has 1 aliphatic rings. The Morgan fingerprint density at radius 2 is 2.12 bits per heavy atom. The van der Waals surface area contributed by atoms with Crippen molar-refractivity contribution in [2.24, 2.45) is 5.73 Å². The lowest BCUT2D eigenvalue weighted by molar-refractivity contribution is 0.750. The fraction of sp³-hybridized carbons (Fsp3) is 0.455. The molecule has 0 atom stereocenters. The van der Waals surface area contributed by atoms with Crippen molar-refractivity contribution in [2.75, 3.05) is 5.32 Å². The summed E-state index contributed by atoms with van der Waals surface area (Å²) in [4.78, 5) is 4.23. The van der Waals surface area contributed by atoms with Gasteiger partial charge in [-0.2, -0.15) is 0 Å². The van der Waals surface area contributed by atoms with Crippen LogP contribution in [0.1, 0.15) is 31.2 Å². The van der Waals surface area contributed by atoms with Gasteiger partial charge in [0, 0.05) is 12.2 Å². The van der Waals surface area contributed by atoms with E-state index in [0.29, 0.717) is 11.6 Å². The van der Waals surface area contributed by atoms with Crippen LogP contribution in [0.25, 0.3) is 0 Å². The molecule has 0 saturated heterocycles. The van der Waals surface area contributed by atoms with Gasteiger partial charge in [0.15, 0.2) is 0 Å². The highest BCUT2D eigenvalue weighted by Crippen LogP contribution is 2.22. The monoisotopic (exact) mass is 240 g/mol. The van der Waals surface area contributed by atoms with Crippen molar-refractivity contribution >= 4 is 24.1 Å². The second-order valence-corrected chi connectivity index (χ2v) is 3.94. The van der Waals surface area contributed by atoms with E-state index in [1.165, 1.54) is 25.7 Å². The smallest absolute Gasteiger partial charge is 0.137 e. The fourth-order valence-electron chi connectivity index (χ4n) is 2.00. The van der Waals surface area contributed by atoms with Crippen molar-refractivity contribution in [2.45, 2.75) is 31.7 Å². The summed E-state index contributed by atoms with van der Waals surface area (Å²) in [5.74, 6) is 0.820. The number of nitrogens with two attached hydrogens (primary N) is 1. The first kappa shape index (κ1) is 12.8. The standard InChI is InChI=1S/C11H16N4.ClH/c12-10(13)9-6-3-7-14-11(9)15-8-4-1-2-5-8;/h3,6-8H,1-2,4-5H2,(H3,12,13)(H,14,15);1H. The molecular formula is C11H17ClN4. The molecule has 1 heterocycles. The summed E-state index contributed by atoms with van der Waals surface area (Å²) < 4.78 is 0. The third-order valence-electron chi connectivity index (χ3n) is 2.79. The molecule has 1 aliphatic carbocycles. The molecule has 0 spiro atoms. The summed E-state index contributed by atoms with van der Waals surface area (Å²) in [5.41, 5.74) is 6.19. The van der Waals surface area contributed by atoms with E-state index in [9.17, 15) is 0 Å². The molecule has 4 N–H and O–H groups in total. The molecule has 0 amide bonds. The van der Waals surface area contributed by atoms with E-state index in [2.05, 4.69) is 10.3 Å². The van der Waals surface area contributed by atoms with E-state index in [-0.39, 0.29) is 18.2 Å². The molecule has 1 fully saturated rings. The molecule has 2 rings (SSSR count). The van der Waals surface area contributed by atoms with E-state index in [1.54, 1.807) is 12.3 Å².